The molecule has 0 saturated carbocycles. The van der Waals surface area contributed by atoms with Crippen LogP contribution in [0.1, 0.15) is 12.0 Å². The summed E-state index contributed by atoms with van der Waals surface area (Å²) in [5.74, 6) is 0.514. The van der Waals surface area contributed by atoms with E-state index in [9.17, 15) is 10.1 Å². The Morgan fingerprint density at radius 3 is 3.05 bits per heavy atom. The van der Waals surface area contributed by atoms with Crippen molar-refractivity contribution >= 4 is 11.4 Å². The monoisotopic (exact) mass is 260 g/mol. The van der Waals surface area contributed by atoms with E-state index >= 15 is 0 Å². The summed E-state index contributed by atoms with van der Waals surface area (Å²) < 4.78 is 0. The van der Waals surface area contributed by atoms with E-state index in [0.717, 1.165) is 26.1 Å². The number of nitro benzene ring substituents is 1. The van der Waals surface area contributed by atoms with Gasteiger partial charge in [-0.1, -0.05) is 0 Å². The van der Waals surface area contributed by atoms with Crippen LogP contribution in [-0.4, -0.2) is 31.6 Å². The predicted octanol–water partition coefficient (Wildman–Crippen LogP) is 1.51. The van der Waals surface area contributed by atoms with E-state index in [0.29, 0.717) is 17.2 Å². The summed E-state index contributed by atoms with van der Waals surface area (Å²) in [5.41, 5.74) is 0.952. The van der Waals surface area contributed by atoms with Crippen molar-refractivity contribution in [2.24, 2.45) is 5.92 Å². The van der Waals surface area contributed by atoms with Gasteiger partial charge in [0.05, 0.1) is 16.6 Å². The van der Waals surface area contributed by atoms with Crippen molar-refractivity contribution in [2.75, 3.05) is 31.6 Å². The highest BCUT2D eigenvalue weighted by Crippen LogP contribution is 2.32. The van der Waals surface area contributed by atoms with Gasteiger partial charge in [-0.3, -0.25) is 10.1 Å². The second kappa shape index (κ2) is 5.67. The Morgan fingerprint density at radius 2 is 2.42 bits per heavy atom. The lowest BCUT2D eigenvalue weighted by Gasteiger charge is -2.18. The predicted molar refractivity (Wildman–Crippen MR) is 72.1 cm³/mol. The van der Waals surface area contributed by atoms with Gasteiger partial charge in [-0.05, 0) is 38.1 Å². The lowest BCUT2D eigenvalue weighted by Crippen LogP contribution is -2.24. The van der Waals surface area contributed by atoms with E-state index in [1.54, 1.807) is 12.1 Å². The minimum Gasteiger partial charge on any atom is -0.366 e. The van der Waals surface area contributed by atoms with E-state index in [4.69, 9.17) is 5.26 Å². The number of benzene rings is 1. The maximum absolute atomic E-state index is 11.1. The summed E-state index contributed by atoms with van der Waals surface area (Å²) in [6, 6.07) is 6.60. The minimum atomic E-state index is -0.415. The molecule has 2 rings (SSSR count). The molecule has 1 aliphatic rings. The van der Waals surface area contributed by atoms with Gasteiger partial charge in [0.2, 0.25) is 0 Å². The van der Waals surface area contributed by atoms with Crippen molar-refractivity contribution < 1.29 is 4.92 Å². The summed E-state index contributed by atoms with van der Waals surface area (Å²) in [4.78, 5) is 12.7. The van der Waals surface area contributed by atoms with Crippen LogP contribution in [0.25, 0.3) is 0 Å². The molecule has 1 aromatic carbocycles. The van der Waals surface area contributed by atoms with E-state index in [-0.39, 0.29) is 5.69 Å². The van der Waals surface area contributed by atoms with Crippen molar-refractivity contribution in [1.82, 2.24) is 5.32 Å². The number of hydrogen-bond acceptors (Lipinski definition) is 5. The zero-order chi connectivity index (χ0) is 13.8. The standard InChI is InChI=1S/C13H16N4O2/c1-15-8-11-4-5-16(9-11)12-3-2-10(7-14)6-13(12)17(18)19/h2-3,6,11,15H,4-5,8-9H2,1H3. The van der Waals surface area contributed by atoms with Crippen molar-refractivity contribution in [3.63, 3.8) is 0 Å². The van der Waals surface area contributed by atoms with Gasteiger partial charge in [0.1, 0.15) is 5.69 Å². The molecular formula is C13H16N4O2. The first-order chi connectivity index (χ1) is 9.15. The van der Waals surface area contributed by atoms with Crippen LogP contribution in [0.3, 0.4) is 0 Å². The lowest BCUT2D eigenvalue weighted by molar-refractivity contribution is -0.384. The van der Waals surface area contributed by atoms with Crippen LogP contribution < -0.4 is 10.2 Å². The van der Waals surface area contributed by atoms with Gasteiger partial charge in [0.15, 0.2) is 0 Å². The number of hydrogen-bond donors (Lipinski definition) is 1. The van der Waals surface area contributed by atoms with E-state index < -0.39 is 4.92 Å². The topological polar surface area (TPSA) is 82.2 Å². The van der Waals surface area contributed by atoms with Crippen LogP contribution in [-0.2, 0) is 0 Å². The van der Waals surface area contributed by atoms with Crippen LogP contribution in [0.5, 0.6) is 0 Å². The molecule has 0 aliphatic carbocycles. The molecule has 0 radical (unpaired) electrons. The fourth-order valence-electron chi connectivity index (χ4n) is 2.51. The van der Waals surface area contributed by atoms with Gasteiger partial charge in [-0.2, -0.15) is 5.26 Å². The first kappa shape index (κ1) is 13.3. The fourth-order valence-corrected chi connectivity index (χ4v) is 2.51. The molecule has 1 saturated heterocycles. The van der Waals surface area contributed by atoms with Gasteiger partial charge in [-0.15, -0.1) is 0 Å². The summed E-state index contributed by atoms with van der Waals surface area (Å²) >= 11 is 0. The number of nitriles is 1. The Hall–Kier alpha value is -2.13. The molecule has 1 fully saturated rings. The fraction of sp³-hybridized carbons (Fsp3) is 0.462. The third kappa shape index (κ3) is 2.83. The molecule has 6 heteroatoms. The largest absolute Gasteiger partial charge is 0.366 e. The molecule has 1 N–H and O–H groups in total. The summed E-state index contributed by atoms with van der Waals surface area (Å²) in [7, 11) is 1.91. The summed E-state index contributed by atoms with van der Waals surface area (Å²) in [5, 5.41) is 23.1. The summed E-state index contributed by atoms with van der Waals surface area (Å²) in [6.07, 6.45) is 1.03. The molecule has 1 aromatic rings. The first-order valence-corrected chi connectivity index (χ1v) is 6.23. The van der Waals surface area contributed by atoms with Gasteiger partial charge in [0.25, 0.3) is 5.69 Å². The van der Waals surface area contributed by atoms with Crippen molar-refractivity contribution in [2.45, 2.75) is 6.42 Å². The molecule has 1 aliphatic heterocycles. The molecule has 0 aromatic heterocycles. The second-order valence-electron chi connectivity index (χ2n) is 4.73. The highest BCUT2D eigenvalue weighted by Gasteiger charge is 2.27. The Kier molecular flexibility index (Phi) is 3.97. The molecule has 1 unspecified atom stereocenters. The van der Waals surface area contributed by atoms with Crippen molar-refractivity contribution in [1.29, 1.82) is 5.26 Å². The maximum atomic E-state index is 11.1. The third-order valence-corrected chi connectivity index (χ3v) is 3.42. The SMILES string of the molecule is CNCC1CCN(c2ccc(C#N)cc2[N+](=O)[O-])C1. The molecule has 19 heavy (non-hydrogen) atoms. The molecule has 1 atom stereocenters. The van der Waals surface area contributed by atoms with Crippen molar-refractivity contribution in [3.05, 3.63) is 33.9 Å². The Bertz CT molecular complexity index is 524. The highest BCUT2D eigenvalue weighted by atomic mass is 16.6. The van der Waals surface area contributed by atoms with Crippen molar-refractivity contribution in [3.8, 4) is 6.07 Å². The quantitative estimate of drug-likeness (QED) is 0.655. The zero-order valence-corrected chi connectivity index (χ0v) is 10.8. The third-order valence-electron chi connectivity index (χ3n) is 3.42. The normalized spacial score (nSPS) is 18.3. The number of nitro groups is 1. The number of nitrogens with one attached hydrogen (secondary N) is 1. The molecule has 0 bridgehead atoms. The van der Waals surface area contributed by atoms with Gasteiger partial charge in [-0.25, -0.2) is 0 Å². The molecule has 0 amide bonds. The van der Waals surface area contributed by atoms with Gasteiger partial charge in [0, 0.05) is 19.2 Å². The van der Waals surface area contributed by atoms with Crippen LogP contribution in [0.15, 0.2) is 18.2 Å². The molecule has 0 spiro atoms. The van der Waals surface area contributed by atoms with Gasteiger partial charge >= 0.3 is 0 Å². The molecular weight excluding hydrogens is 244 g/mol. The summed E-state index contributed by atoms with van der Waals surface area (Å²) in [6.45, 7) is 2.55. The number of nitrogens with zero attached hydrogens (tertiary/aromatic N) is 3. The minimum absolute atomic E-state index is 0.0177. The molecule has 1 heterocycles. The van der Waals surface area contributed by atoms with E-state index in [2.05, 4.69) is 5.32 Å². The van der Waals surface area contributed by atoms with E-state index in [1.165, 1.54) is 6.07 Å². The second-order valence-corrected chi connectivity index (χ2v) is 4.73. The lowest BCUT2D eigenvalue weighted by atomic mass is 10.1. The van der Waals surface area contributed by atoms with Crippen LogP contribution in [0.4, 0.5) is 11.4 Å². The zero-order valence-electron chi connectivity index (χ0n) is 10.8. The van der Waals surface area contributed by atoms with Crippen LogP contribution >= 0.6 is 0 Å². The van der Waals surface area contributed by atoms with Crippen LogP contribution in [0, 0.1) is 27.4 Å². The highest BCUT2D eigenvalue weighted by molar-refractivity contribution is 5.66. The van der Waals surface area contributed by atoms with E-state index in [1.807, 2.05) is 18.0 Å². The Morgan fingerprint density at radius 1 is 1.63 bits per heavy atom. The molecule has 6 nitrogen and oxygen atoms in total. The maximum Gasteiger partial charge on any atom is 0.293 e. The number of anilines is 1. The van der Waals surface area contributed by atoms with Gasteiger partial charge < -0.3 is 10.2 Å². The number of rotatable bonds is 4. The smallest absolute Gasteiger partial charge is 0.293 e. The molecule has 100 valence electrons. The first-order valence-electron chi connectivity index (χ1n) is 6.23. The van der Waals surface area contributed by atoms with Crippen LogP contribution in [0.2, 0.25) is 0 Å². The average Bonchev–Trinajstić information content (AvgIpc) is 2.87. The Labute approximate surface area is 111 Å². The average molecular weight is 260 g/mol. The Balaban J connectivity index is 2.25.